The highest BCUT2D eigenvalue weighted by atomic mass is 16.5. The Labute approximate surface area is 616 Å². The van der Waals surface area contributed by atoms with Crippen LogP contribution in [0.15, 0.2) is 66.4 Å². The van der Waals surface area contributed by atoms with Gasteiger partial charge in [-0.1, -0.05) is 83.2 Å². The van der Waals surface area contributed by atoms with Crippen molar-refractivity contribution in [1.82, 2.24) is 62.6 Å². The number of ether oxygens (including phenoxy) is 2. The molecule has 3 heterocycles. The standard InChI is InChI=1S/C72H107N13O21/c1-10-17-58(91)83(8)41(7)72(104)106-45(35-56(89)55(88)32-39(3)4)34-49-61(93)70(102)76-47(28-29-57(73)90)62(94)74-36-59(92)84-30-15-20-53(84)67(99)79-50(33-43-18-13-12-14-19-43)64(96)82-60(40(5)6)69(101)81-52(38-87)65(97)75-46(11-2)63(95)80-51(37-86)66(98)77-48(27-24-42-22-25-44(105-9)26-23-42)71(103)85-31-16-21-54(85)68(100)78-49/h11-14,18-19,22-23,25-26,39-41,45,47-56,60-61,86-89,93H,10,15-17,20-21,24,27-38H2,1-9H3,(H2,73,90)(H,74,94)(H,75,97)(H,76,102)(H,77,98)(H,78,100)(H,79,99)(H,80,95)(H,81,101)(H,82,96)/t41-,45?,47-,48?,49?,50+,51+,52+,53+,54+,55?,56?,60-,61?/m1/s1. The van der Waals surface area contributed by atoms with Crippen molar-refractivity contribution in [2.75, 3.05) is 47.0 Å². The Balaban J connectivity index is 1.64. The first-order valence-corrected chi connectivity index (χ1v) is 35.9. The summed E-state index contributed by atoms with van der Waals surface area (Å²) in [5.74, 6) is -14.3. The van der Waals surface area contributed by atoms with Gasteiger partial charge in [0.15, 0.2) is 6.10 Å². The summed E-state index contributed by atoms with van der Waals surface area (Å²) < 4.78 is 11.3. The number of benzene rings is 2. The van der Waals surface area contributed by atoms with E-state index < -0.39 is 225 Å². The van der Waals surface area contributed by atoms with E-state index in [1.165, 1.54) is 28.0 Å². The molecule has 6 unspecified atom stereocenters. The number of allylic oxidation sites excluding steroid dienone is 1. The Morgan fingerprint density at radius 2 is 1.23 bits per heavy atom. The fraction of sp³-hybridized carbons (Fsp3) is 0.611. The molecule has 34 heteroatoms. The largest absolute Gasteiger partial charge is 0.497 e. The lowest BCUT2D eigenvalue weighted by Crippen LogP contribution is -2.61. The fourth-order valence-electron chi connectivity index (χ4n) is 12.5. The number of likely N-dealkylation sites (N-methyl/N-ethyl adjacent to an activating group) is 1. The van der Waals surface area contributed by atoms with Crippen LogP contribution in [0.4, 0.5) is 0 Å². The first-order valence-electron chi connectivity index (χ1n) is 35.9. The number of carbonyl (C=O) groups is 14. The monoisotopic (exact) mass is 1490 g/mol. The van der Waals surface area contributed by atoms with E-state index in [0.717, 1.165) is 20.8 Å². The molecule has 13 amide bonds. The highest BCUT2D eigenvalue weighted by Gasteiger charge is 2.44. The van der Waals surface area contributed by atoms with Gasteiger partial charge in [-0.25, -0.2) is 4.79 Å². The second-order valence-corrected chi connectivity index (χ2v) is 27.6. The predicted molar refractivity (Wildman–Crippen MR) is 381 cm³/mol. The van der Waals surface area contributed by atoms with Gasteiger partial charge in [0.05, 0.1) is 45.1 Å². The molecule has 5 rings (SSSR count). The smallest absolute Gasteiger partial charge is 0.328 e. The molecule has 3 aliphatic heterocycles. The van der Waals surface area contributed by atoms with Crippen molar-refractivity contribution in [2.24, 2.45) is 17.6 Å². The molecule has 0 radical (unpaired) electrons. The van der Waals surface area contributed by atoms with Gasteiger partial charge in [0.2, 0.25) is 65.0 Å². The first kappa shape index (κ1) is 87.0. The summed E-state index contributed by atoms with van der Waals surface area (Å²) in [7, 11) is 2.81. The molecule has 0 aliphatic carbocycles. The Hall–Kier alpha value is -9.64. The van der Waals surface area contributed by atoms with Gasteiger partial charge in [0.1, 0.15) is 71.9 Å². The summed E-state index contributed by atoms with van der Waals surface area (Å²) >= 11 is 0. The van der Waals surface area contributed by atoms with E-state index in [9.17, 15) is 83.1 Å². The molecule has 2 aromatic rings. The van der Waals surface area contributed by atoms with Crippen LogP contribution in [0, 0.1) is 11.8 Å². The number of aliphatic hydroxyl groups is 5. The molecule has 3 aliphatic rings. The third-order valence-electron chi connectivity index (χ3n) is 18.7. The minimum Gasteiger partial charge on any atom is -0.497 e. The topological polar surface area (TPSA) is 503 Å². The lowest BCUT2D eigenvalue weighted by Gasteiger charge is -2.34. The molecule has 106 heavy (non-hydrogen) atoms. The van der Waals surface area contributed by atoms with E-state index in [1.807, 2.05) is 0 Å². The van der Waals surface area contributed by atoms with E-state index in [4.69, 9.17) is 15.2 Å². The number of esters is 1. The normalized spacial score (nSPS) is 25.0. The number of aliphatic hydroxyl groups excluding tert-OH is 5. The maximum absolute atomic E-state index is 15.2. The summed E-state index contributed by atoms with van der Waals surface area (Å²) in [6.07, 6.45) is -7.99. The van der Waals surface area contributed by atoms with E-state index in [2.05, 4.69) is 47.9 Å². The Kier molecular flexibility index (Phi) is 34.9. The van der Waals surface area contributed by atoms with E-state index >= 15 is 9.59 Å². The number of amides is 13. The zero-order valence-electron chi connectivity index (χ0n) is 61.6. The summed E-state index contributed by atoms with van der Waals surface area (Å²) in [6.45, 7) is 7.91. The number of nitrogens with two attached hydrogens (primary N) is 1. The van der Waals surface area contributed by atoms with Crippen LogP contribution in [-0.4, -0.2) is 255 Å². The van der Waals surface area contributed by atoms with Crippen LogP contribution in [0.2, 0.25) is 0 Å². The molecule has 34 nitrogen and oxygen atoms in total. The summed E-state index contributed by atoms with van der Waals surface area (Å²) in [4.78, 5) is 202. The summed E-state index contributed by atoms with van der Waals surface area (Å²) in [5, 5.41) is 78.5. The molecular weight excluding hydrogens is 1380 g/mol. The van der Waals surface area contributed by atoms with Crippen LogP contribution in [0.25, 0.3) is 0 Å². The van der Waals surface area contributed by atoms with Gasteiger partial charge in [0, 0.05) is 52.2 Å². The molecular formula is C72H107N13O21. The molecule has 14 atom stereocenters. The molecule has 586 valence electrons. The van der Waals surface area contributed by atoms with Gasteiger partial charge in [0.25, 0.3) is 11.8 Å². The van der Waals surface area contributed by atoms with Crippen molar-refractivity contribution >= 4 is 82.8 Å². The van der Waals surface area contributed by atoms with Crippen molar-refractivity contribution < 1.29 is 102 Å². The number of nitrogens with zero attached hydrogens (tertiary/aromatic N) is 3. The zero-order chi connectivity index (χ0) is 78.6. The lowest BCUT2D eigenvalue weighted by atomic mass is 9.93. The number of methoxy groups -OCH3 is 1. The van der Waals surface area contributed by atoms with Gasteiger partial charge < -0.3 is 103 Å². The number of aryl methyl sites for hydroxylation is 1. The van der Waals surface area contributed by atoms with Crippen molar-refractivity contribution in [1.29, 1.82) is 0 Å². The van der Waals surface area contributed by atoms with E-state index in [-0.39, 0.29) is 76.8 Å². The highest BCUT2D eigenvalue weighted by molar-refractivity contribution is 6.03. The first-order chi connectivity index (χ1) is 50.2. The maximum atomic E-state index is 15.2. The Morgan fingerprint density at radius 1 is 0.651 bits per heavy atom. The Morgan fingerprint density at radius 3 is 1.82 bits per heavy atom. The number of nitrogens with one attached hydrogen (secondary N) is 9. The molecule has 0 saturated carbocycles. The van der Waals surface area contributed by atoms with Crippen molar-refractivity contribution in [3.63, 3.8) is 0 Å². The number of carbonyl (C=O) groups excluding carboxylic acids is 14. The van der Waals surface area contributed by atoms with Gasteiger partial charge in [-0.3, -0.25) is 62.3 Å². The number of fused-ring (bicyclic) bond motifs is 2. The van der Waals surface area contributed by atoms with Gasteiger partial charge in [-0.15, -0.1) is 0 Å². The lowest BCUT2D eigenvalue weighted by molar-refractivity contribution is -0.161. The minimum atomic E-state index is -2.48. The van der Waals surface area contributed by atoms with Gasteiger partial charge >= 0.3 is 5.97 Å². The van der Waals surface area contributed by atoms with E-state index in [0.29, 0.717) is 23.3 Å². The minimum absolute atomic E-state index is 0.0206. The van der Waals surface area contributed by atoms with Crippen molar-refractivity contribution in [3.05, 3.63) is 77.5 Å². The average Bonchev–Trinajstić information content (AvgIpc) is 1.57. The summed E-state index contributed by atoms with van der Waals surface area (Å²) in [6, 6.07) is -0.756. The molecule has 0 bridgehead atoms. The number of hydrogen-bond donors (Lipinski definition) is 15. The quantitative estimate of drug-likeness (QED) is 0.0363. The maximum Gasteiger partial charge on any atom is 0.328 e. The third-order valence-corrected chi connectivity index (χ3v) is 18.7. The van der Waals surface area contributed by atoms with E-state index in [1.54, 1.807) is 89.2 Å². The highest BCUT2D eigenvalue weighted by Crippen LogP contribution is 2.25. The number of primary amides is 1. The number of rotatable bonds is 24. The molecule has 0 aromatic heterocycles. The zero-order valence-corrected chi connectivity index (χ0v) is 61.6. The van der Waals surface area contributed by atoms with Gasteiger partial charge in [-0.2, -0.15) is 0 Å². The number of hydrogen-bond acceptors (Lipinski definition) is 21. The molecule has 3 fully saturated rings. The Bertz CT molecular complexity index is 3420. The summed E-state index contributed by atoms with van der Waals surface area (Å²) in [5.41, 5.74) is 6.17. The molecule has 0 spiro atoms. The SMILES string of the molecule is CC=C1NC(=O)[C@H](CO)NC(=O)[C@@H](C(C)C)NC(=O)[C@H](Cc2ccccc2)NC(=O)[C@@H]2CCCN2C(=O)CNC(=O)[C@@H](CCC(N)=O)NC(=O)C(O)C(CC(CC(O)C(O)CC(C)C)OC(=O)[C@@H](C)N(C)C(=O)CCC)NC(=O)[C@@H]2CCCN2C(=O)C(CCc2ccc(OC)cc2)NC(=O)[C@H](CO)NC1=O. The van der Waals surface area contributed by atoms with Crippen LogP contribution >= 0.6 is 0 Å². The fourth-order valence-corrected chi connectivity index (χ4v) is 12.5. The second-order valence-electron chi connectivity index (χ2n) is 27.6. The van der Waals surface area contributed by atoms with Crippen LogP contribution < -0.4 is 58.3 Å². The van der Waals surface area contributed by atoms with Gasteiger partial charge in [-0.05, 0) is 107 Å². The predicted octanol–water partition coefficient (Wildman–Crippen LogP) is -3.23. The van der Waals surface area contributed by atoms with Crippen LogP contribution in [0.1, 0.15) is 137 Å². The average molecular weight is 1490 g/mol. The van der Waals surface area contributed by atoms with Crippen LogP contribution in [0.3, 0.4) is 0 Å². The molecule has 2 aromatic carbocycles. The van der Waals surface area contributed by atoms with Crippen molar-refractivity contribution in [3.8, 4) is 5.75 Å². The van der Waals surface area contributed by atoms with Crippen molar-refractivity contribution in [2.45, 2.75) is 223 Å². The second kappa shape index (κ2) is 42.5. The van der Waals surface area contributed by atoms with Crippen LogP contribution in [-0.2, 0) is 84.7 Å². The molecule has 3 saturated heterocycles. The molecule has 16 N–H and O–H groups in total. The third kappa shape index (κ3) is 25.9. The van der Waals surface area contributed by atoms with Crippen LogP contribution in [0.5, 0.6) is 5.75 Å².